The molecule has 5 nitrogen and oxygen atoms in total. The maximum Gasteiger partial charge on any atom is 0.154 e. The number of sulfone groups is 1. The lowest BCUT2D eigenvalue weighted by molar-refractivity contribution is 0.0793. The Labute approximate surface area is 130 Å². The third kappa shape index (κ3) is 3.34. The lowest BCUT2D eigenvalue weighted by Crippen LogP contribution is -2.53. The molecule has 1 N–H and O–H groups in total. The molecule has 2 heterocycles. The molecule has 1 aromatic carbocycles. The van der Waals surface area contributed by atoms with Crippen LogP contribution in [0.4, 0.5) is 5.69 Å². The molecule has 116 valence electrons. The first kappa shape index (κ1) is 15.1. The monoisotopic (exact) mass is 330 g/mol. The molecule has 2 aliphatic rings. The van der Waals surface area contributed by atoms with Crippen LogP contribution in [-0.4, -0.2) is 68.3 Å². The molecule has 2 aliphatic heterocycles. The van der Waals surface area contributed by atoms with Gasteiger partial charge in [0.2, 0.25) is 0 Å². The number of benzene rings is 1. The summed E-state index contributed by atoms with van der Waals surface area (Å²) in [5, 5.41) is 10.7. The van der Waals surface area contributed by atoms with E-state index in [-0.39, 0.29) is 17.5 Å². The second-order valence-electron chi connectivity index (χ2n) is 5.71. The highest BCUT2D eigenvalue weighted by molar-refractivity contribution is 7.91. The average molecular weight is 331 g/mol. The first-order valence-electron chi connectivity index (χ1n) is 7.08. The number of hydrogen-bond donors (Lipinski definition) is 1. The molecule has 0 unspecified atom stereocenters. The Kier molecular flexibility index (Phi) is 4.14. The molecular weight excluding hydrogens is 312 g/mol. The van der Waals surface area contributed by atoms with Gasteiger partial charge in [-0.2, -0.15) is 0 Å². The van der Waals surface area contributed by atoms with Crippen LogP contribution in [0.3, 0.4) is 0 Å². The lowest BCUT2D eigenvalue weighted by Gasteiger charge is -2.39. The summed E-state index contributed by atoms with van der Waals surface area (Å²) in [5.74, 6) is -0.0303. The summed E-state index contributed by atoms with van der Waals surface area (Å²) < 4.78 is 23.2. The van der Waals surface area contributed by atoms with Gasteiger partial charge in [-0.05, 0) is 18.2 Å². The summed E-state index contributed by atoms with van der Waals surface area (Å²) in [6.45, 7) is 3.13. The van der Waals surface area contributed by atoms with Crippen molar-refractivity contribution in [3.8, 4) is 0 Å². The van der Waals surface area contributed by atoms with E-state index in [1.165, 1.54) is 0 Å². The van der Waals surface area contributed by atoms with Gasteiger partial charge in [-0.15, -0.1) is 0 Å². The Morgan fingerprint density at radius 2 is 1.86 bits per heavy atom. The molecule has 21 heavy (non-hydrogen) atoms. The average Bonchev–Trinajstić information content (AvgIpc) is 2.72. The Morgan fingerprint density at radius 1 is 1.14 bits per heavy atom. The number of aliphatic hydroxyl groups excluding tert-OH is 1. The number of nitrogens with zero attached hydrogens (tertiary/aromatic N) is 2. The molecule has 0 amide bonds. The van der Waals surface area contributed by atoms with Crippen molar-refractivity contribution in [2.75, 3.05) is 42.6 Å². The molecule has 0 bridgehead atoms. The quantitative estimate of drug-likeness (QED) is 0.861. The summed E-state index contributed by atoms with van der Waals surface area (Å²) in [6.07, 6.45) is -0.757. The smallest absolute Gasteiger partial charge is 0.154 e. The van der Waals surface area contributed by atoms with E-state index >= 15 is 0 Å². The van der Waals surface area contributed by atoms with Gasteiger partial charge in [0.15, 0.2) is 9.84 Å². The maximum absolute atomic E-state index is 11.6. The highest BCUT2D eigenvalue weighted by Crippen LogP contribution is 2.24. The Bertz CT molecular complexity index is 614. The van der Waals surface area contributed by atoms with Crippen molar-refractivity contribution in [2.24, 2.45) is 0 Å². The minimum atomic E-state index is -3.09. The molecule has 2 fully saturated rings. The van der Waals surface area contributed by atoms with Gasteiger partial charge in [0, 0.05) is 36.9 Å². The SMILES string of the molecule is O=S1(=O)C[C@@H](O)[C@@H](N2CCN(c3cccc(Cl)c3)CC2)C1. The van der Waals surface area contributed by atoms with E-state index in [2.05, 4.69) is 9.80 Å². The minimum Gasteiger partial charge on any atom is -0.390 e. The van der Waals surface area contributed by atoms with E-state index in [9.17, 15) is 13.5 Å². The lowest BCUT2D eigenvalue weighted by atomic mass is 10.1. The van der Waals surface area contributed by atoms with Crippen molar-refractivity contribution in [1.82, 2.24) is 4.90 Å². The summed E-state index contributed by atoms with van der Waals surface area (Å²) in [5.41, 5.74) is 1.08. The topological polar surface area (TPSA) is 60.9 Å². The molecule has 3 rings (SSSR count). The summed E-state index contributed by atoms with van der Waals surface area (Å²) in [4.78, 5) is 4.33. The fourth-order valence-corrected chi connectivity index (χ4v) is 5.16. The van der Waals surface area contributed by atoms with Crippen LogP contribution in [0.15, 0.2) is 24.3 Å². The van der Waals surface area contributed by atoms with Crippen molar-refractivity contribution < 1.29 is 13.5 Å². The highest BCUT2D eigenvalue weighted by atomic mass is 35.5. The molecule has 0 aliphatic carbocycles. The normalized spacial score (nSPS) is 29.7. The van der Waals surface area contributed by atoms with Crippen molar-refractivity contribution in [3.63, 3.8) is 0 Å². The number of aliphatic hydroxyl groups is 1. The second-order valence-corrected chi connectivity index (χ2v) is 8.30. The van der Waals surface area contributed by atoms with Crippen LogP contribution in [0.2, 0.25) is 5.02 Å². The fourth-order valence-electron chi connectivity index (χ4n) is 3.14. The summed E-state index contributed by atoms with van der Waals surface area (Å²) in [7, 11) is -3.09. The predicted molar refractivity (Wildman–Crippen MR) is 83.7 cm³/mol. The highest BCUT2D eigenvalue weighted by Gasteiger charge is 2.40. The predicted octanol–water partition coefficient (Wildman–Crippen LogP) is 0.620. The fraction of sp³-hybridized carbons (Fsp3) is 0.571. The Morgan fingerprint density at radius 3 is 2.43 bits per heavy atom. The van der Waals surface area contributed by atoms with E-state index in [0.717, 1.165) is 31.9 Å². The summed E-state index contributed by atoms with van der Waals surface area (Å²) in [6, 6.07) is 7.48. The van der Waals surface area contributed by atoms with E-state index in [4.69, 9.17) is 11.6 Å². The van der Waals surface area contributed by atoms with Crippen LogP contribution in [0.1, 0.15) is 0 Å². The van der Waals surface area contributed by atoms with Gasteiger partial charge in [-0.1, -0.05) is 17.7 Å². The molecule has 0 spiro atoms. The van der Waals surface area contributed by atoms with Gasteiger partial charge in [0.05, 0.1) is 23.7 Å². The van der Waals surface area contributed by atoms with Crippen molar-refractivity contribution in [3.05, 3.63) is 29.3 Å². The molecule has 7 heteroatoms. The summed E-state index contributed by atoms with van der Waals surface area (Å²) >= 11 is 6.01. The van der Waals surface area contributed by atoms with Crippen LogP contribution in [0, 0.1) is 0 Å². The molecular formula is C14H19ClN2O3S. The first-order chi connectivity index (χ1) is 9.94. The second kappa shape index (κ2) is 5.76. The Hall–Kier alpha value is -0.820. The maximum atomic E-state index is 11.6. The van der Waals surface area contributed by atoms with E-state index in [1.807, 2.05) is 24.3 Å². The number of hydrogen-bond acceptors (Lipinski definition) is 5. The zero-order chi connectivity index (χ0) is 15.0. The molecule has 0 radical (unpaired) electrons. The standard InChI is InChI=1S/C14H19ClN2O3S/c15-11-2-1-3-12(8-11)16-4-6-17(7-5-16)13-9-21(19,20)10-14(13)18/h1-3,8,13-14,18H,4-7,9-10H2/t13-,14+/m0/s1. The number of rotatable bonds is 2. The van der Waals surface area contributed by atoms with Crippen LogP contribution >= 0.6 is 11.6 Å². The number of piperazine rings is 1. The Balaban J connectivity index is 1.63. The van der Waals surface area contributed by atoms with E-state index < -0.39 is 15.9 Å². The van der Waals surface area contributed by atoms with Gasteiger partial charge in [0.1, 0.15) is 0 Å². The van der Waals surface area contributed by atoms with Gasteiger partial charge >= 0.3 is 0 Å². The van der Waals surface area contributed by atoms with Crippen molar-refractivity contribution >= 4 is 27.1 Å². The third-order valence-electron chi connectivity index (χ3n) is 4.25. The van der Waals surface area contributed by atoms with Crippen LogP contribution < -0.4 is 4.90 Å². The zero-order valence-electron chi connectivity index (χ0n) is 11.7. The van der Waals surface area contributed by atoms with Gasteiger partial charge in [-0.25, -0.2) is 8.42 Å². The third-order valence-corrected chi connectivity index (χ3v) is 6.18. The van der Waals surface area contributed by atoms with Crippen molar-refractivity contribution in [1.29, 1.82) is 0 Å². The zero-order valence-corrected chi connectivity index (χ0v) is 13.2. The van der Waals surface area contributed by atoms with Gasteiger partial charge < -0.3 is 10.0 Å². The number of anilines is 1. The minimum absolute atomic E-state index is 0.0747. The number of halogens is 1. The molecule has 2 saturated heterocycles. The van der Waals surface area contributed by atoms with Crippen LogP contribution in [-0.2, 0) is 9.84 Å². The van der Waals surface area contributed by atoms with Crippen molar-refractivity contribution in [2.45, 2.75) is 12.1 Å². The molecule has 0 aromatic heterocycles. The molecule has 0 saturated carbocycles. The van der Waals surface area contributed by atoms with Gasteiger partial charge in [0.25, 0.3) is 0 Å². The molecule has 1 aromatic rings. The van der Waals surface area contributed by atoms with Gasteiger partial charge in [-0.3, -0.25) is 4.90 Å². The van der Waals surface area contributed by atoms with Crippen LogP contribution in [0.25, 0.3) is 0 Å². The van der Waals surface area contributed by atoms with E-state index in [1.54, 1.807) is 0 Å². The first-order valence-corrected chi connectivity index (χ1v) is 9.28. The van der Waals surface area contributed by atoms with E-state index in [0.29, 0.717) is 5.02 Å². The largest absolute Gasteiger partial charge is 0.390 e. The van der Waals surface area contributed by atoms with Crippen LogP contribution in [0.5, 0.6) is 0 Å². The molecule has 2 atom stereocenters.